The SMILES string of the molecule is O=C(Cc1ccc(-n2c(=O)c3ccccc3n(CC(=O)Nc3ccc(Cl)c(Cl)c3)c2=O)cc1)NCc1ccco1. The zero-order valence-electron chi connectivity index (χ0n) is 20.9. The van der Waals surface area contributed by atoms with E-state index in [9.17, 15) is 19.2 Å². The van der Waals surface area contributed by atoms with Crippen molar-refractivity contribution in [1.82, 2.24) is 14.5 Å². The number of para-hydroxylation sites is 1. The first-order valence-corrected chi connectivity index (χ1v) is 12.9. The van der Waals surface area contributed by atoms with Crippen molar-refractivity contribution in [3.63, 3.8) is 0 Å². The van der Waals surface area contributed by atoms with Crippen LogP contribution in [-0.2, 0) is 29.1 Å². The molecule has 0 bridgehead atoms. The van der Waals surface area contributed by atoms with E-state index in [0.717, 1.165) is 4.57 Å². The van der Waals surface area contributed by atoms with E-state index in [0.29, 0.717) is 33.2 Å². The van der Waals surface area contributed by atoms with E-state index in [1.807, 2.05) is 0 Å². The summed E-state index contributed by atoms with van der Waals surface area (Å²) in [6.07, 6.45) is 1.64. The number of amides is 2. The molecule has 0 aliphatic carbocycles. The Bertz CT molecular complexity index is 1830. The first-order chi connectivity index (χ1) is 19.3. The monoisotopic (exact) mass is 576 g/mol. The topological polar surface area (TPSA) is 115 Å². The van der Waals surface area contributed by atoms with Gasteiger partial charge in [0, 0.05) is 5.69 Å². The zero-order chi connectivity index (χ0) is 28.2. The molecule has 0 atom stereocenters. The van der Waals surface area contributed by atoms with E-state index < -0.39 is 17.2 Å². The van der Waals surface area contributed by atoms with Crippen LogP contribution in [0, 0.1) is 0 Å². The molecule has 2 amide bonds. The van der Waals surface area contributed by atoms with Gasteiger partial charge in [-0.05, 0) is 60.2 Å². The van der Waals surface area contributed by atoms with E-state index in [1.165, 1.54) is 16.9 Å². The van der Waals surface area contributed by atoms with Gasteiger partial charge in [0.2, 0.25) is 11.8 Å². The number of benzene rings is 3. The lowest BCUT2D eigenvalue weighted by molar-refractivity contribution is -0.120. The number of anilines is 1. The highest BCUT2D eigenvalue weighted by atomic mass is 35.5. The second-order valence-corrected chi connectivity index (χ2v) is 9.72. The Morgan fingerprint density at radius 2 is 1.62 bits per heavy atom. The second-order valence-electron chi connectivity index (χ2n) is 8.90. The molecular formula is C29H22Cl2N4O5. The molecule has 2 N–H and O–H groups in total. The van der Waals surface area contributed by atoms with E-state index >= 15 is 0 Å². The molecule has 3 aromatic carbocycles. The van der Waals surface area contributed by atoms with Crippen LogP contribution >= 0.6 is 23.2 Å². The van der Waals surface area contributed by atoms with Crippen molar-refractivity contribution >= 4 is 51.6 Å². The minimum atomic E-state index is -0.683. The Morgan fingerprint density at radius 1 is 0.850 bits per heavy atom. The molecule has 2 aromatic heterocycles. The summed E-state index contributed by atoms with van der Waals surface area (Å²) in [5.41, 5.74) is 0.523. The number of aromatic nitrogens is 2. The van der Waals surface area contributed by atoms with Crippen molar-refractivity contribution < 1.29 is 14.0 Å². The Hall–Kier alpha value is -4.60. The highest BCUT2D eigenvalue weighted by molar-refractivity contribution is 6.42. The van der Waals surface area contributed by atoms with Gasteiger partial charge in [-0.2, -0.15) is 0 Å². The fourth-order valence-corrected chi connectivity index (χ4v) is 4.53. The molecule has 0 fully saturated rings. The Labute approximate surface area is 237 Å². The van der Waals surface area contributed by atoms with E-state index in [4.69, 9.17) is 27.6 Å². The fraction of sp³-hybridized carbons (Fsp3) is 0.103. The number of halogens is 2. The summed E-state index contributed by atoms with van der Waals surface area (Å²) in [5, 5.41) is 6.35. The standard InChI is InChI=1S/C29H22Cl2N4O5/c30-23-12-9-19(15-24(23)31)33-27(37)17-34-25-6-2-1-5-22(25)28(38)35(29(34)39)20-10-7-18(8-11-20)14-26(36)32-16-21-4-3-13-40-21/h1-13,15H,14,16-17H2,(H,32,36)(H,33,37). The minimum absolute atomic E-state index is 0.104. The number of carbonyl (C=O) groups is 2. The van der Waals surface area contributed by atoms with Crippen LogP contribution in [0.15, 0.2) is 99.1 Å². The van der Waals surface area contributed by atoms with Crippen LogP contribution in [0.2, 0.25) is 10.0 Å². The summed E-state index contributed by atoms with van der Waals surface area (Å²) in [6.45, 7) is -0.0810. The van der Waals surface area contributed by atoms with E-state index in [2.05, 4.69) is 10.6 Å². The van der Waals surface area contributed by atoms with Crippen molar-refractivity contribution in [2.45, 2.75) is 19.5 Å². The number of fused-ring (bicyclic) bond motifs is 1. The van der Waals surface area contributed by atoms with Crippen LogP contribution in [0.1, 0.15) is 11.3 Å². The fourth-order valence-electron chi connectivity index (χ4n) is 4.23. The zero-order valence-corrected chi connectivity index (χ0v) is 22.4. The maximum Gasteiger partial charge on any atom is 0.336 e. The smallest absolute Gasteiger partial charge is 0.336 e. The van der Waals surface area contributed by atoms with Gasteiger partial charge in [-0.15, -0.1) is 0 Å². The summed E-state index contributed by atoms with van der Waals surface area (Å²) >= 11 is 12.0. The van der Waals surface area contributed by atoms with Crippen LogP contribution < -0.4 is 21.9 Å². The van der Waals surface area contributed by atoms with Gasteiger partial charge in [0.15, 0.2) is 0 Å². The van der Waals surface area contributed by atoms with Crippen molar-refractivity contribution in [2.24, 2.45) is 0 Å². The number of carbonyl (C=O) groups excluding carboxylic acids is 2. The molecule has 5 aromatic rings. The lowest BCUT2D eigenvalue weighted by atomic mass is 10.1. The third kappa shape index (κ3) is 5.85. The summed E-state index contributed by atoms with van der Waals surface area (Å²) in [6, 6.07) is 21.2. The molecule has 2 heterocycles. The van der Waals surface area contributed by atoms with Crippen molar-refractivity contribution in [1.29, 1.82) is 0 Å². The van der Waals surface area contributed by atoms with Gasteiger partial charge < -0.3 is 15.1 Å². The van der Waals surface area contributed by atoms with Crippen molar-refractivity contribution in [3.05, 3.63) is 127 Å². The molecule has 202 valence electrons. The molecule has 0 unspecified atom stereocenters. The number of hydrogen-bond acceptors (Lipinski definition) is 5. The first-order valence-electron chi connectivity index (χ1n) is 12.2. The lowest BCUT2D eigenvalue weighted by Gasteiger charge is -2.15. The van der Waals surface area contributed by atoms with Crippen LogP contribution in [-0.4, -0.2) is 20.9 Å². The number of nitrogens with zero attached hydrogens (tertiary/aromatic N) is 2. The average Bonchev–Trinajstić information content (AvgIpc) is 3.47. The van der Waals surface area contributed by atoms with E-state index in [-0.39, 0.29) is 35.8 Å². The molecule has 0 radical (unpaired) electrons. The quantitative estimate of drug-likeness (QED) is 0.281. The van der Waals surface area contributed by atoms with Gasteiger partial charge in [0.25, 0.3) is 5.56 Å². The molecule has 0 saturated heterocycles. The molecule has 0 aliphatic rings. The molecule has 11 heteroatoms. The van der Waals surface area contributed by atoms with Gasteiger partial charge in [0.1, 0.15) is 12.3 Å². The van der Waals surface area contributed by atoms with Gasteiger partial charge in [-0.1, -0.05) is 47.5 Å². The first kappa shape index (κ1) is 27.0. The highest BCUT2D eigenvalue weighted by Gasteiger charge is 2.17. The molecule has 5 rings (SSSR count). The second kappa shape index (κ2) is 11.6. The van der Waals surface area contributed by atoms with E-state index in [1.54, 1.807) is 72.8 Å². The third-order valence-electron chi connectivity index (χ3n) is 6.15. The van der Waals surface area contributed by atoms with Gasteiger partial charge in [0.05, 0.1) is 45.9 Å². The van der Waals surface area contributed by atoms with Gasteiger partial charge in [-0.25, -0.2) is 9.36 Å². The summed E-state index contributed by atoms with van der Waals surface area (Å²) in [4.78, 5) is 52.2. The summed E-state index contributed by atoms with van der Waals surface area (Å²) < 4.78 is 7.46. The molecular weight excluding hydrogens is 555 g/mol. The summed E-state index contributed by atoms with van der Waals surface area (Å²) in [7, 11) is 0. The van der Waals surface area contributed by atoms with Crippen LogP contribution in [0.25, 0.3) is 16.6 Å². The number of furan rings is 1. The van der Waals surface area contributed by atoms with Crippen molar-refractivity contribution in [2.75, 3.05) is 5.32 Å². The number of rotatable bonds is 8. The van der Waals surface area contributed by atoms with Crippen LogP contribution in [0.4, 0.5) is 5.69 Å². The Balaban J connectivity index is 1.41. The molecule has 0 spiro atoms. The predicted octanol–water partition coefficient (Wildman–Crippen LogP) is 4.55. The molecule has 0 aliphatic heterocycles. The highest BCUT2D eigenvalue weighted by Crippen LogP contribution is 2.25. The molecule has 9 nitrogen and oxygen atoms in total. The molecule has 0 saturated carbocycles. The third-order valence-corrected chi connectivity index (χ3v) is 6.89. The number of hydrogen-bond donors (Lipinski definition) is 2. The molecule has 40 heavy (non-hydrogen) atoms. The normalized spacial score (nSPS) is 10.9. The summed E-state index contributed by atoms with van der Waals surface area (Å²) in [5.74, 6) is -0.0598. The minimum Gasteiger partial charge on any atom is -0.467 e. The van der Waals surface area contributed by atoms with Crippen molar-refractivity contribution in [3.8, 4) is 5.69 Å². The number of nitrogens with one attached hydrogen (secondary N) is 2. The Morgan fingerprint density at radius 3 is 2.35 bits per heavy atom. The van der Waals surface area contributed by atoms with Gasteiger partial charge >= 0.3 is 5.69 Å². The lowest BCUT2D eigenvalue weighted by Crippen LogP contribution is -2.40. The largest absolute Gasteiger partial charge is 0.467 e. The van der Waals surface area contributed by atoms with Gasteiger partial charge in [-0.3, -0.25) is 19.0 Å². The maximum absolute atomic E-state index is 13.6. The maximum atomic E-state index is 13.6. The Kier molecular flexibility index (Phi) is 7.86. The van der Waals surface area contributed by atoms with Crippen LogP contribution in [0.3, 0.4) is 0 Å². The van der Waals surface area contributed by atoms with Crippen LogP contribution in [0.5, 0.6) is 0 Å². The average molecular weight is 577 g/mol. The predicted molar refractivity (Wildman–Crippen MR) is 153 cm³/mol.